The van der Waals surface area contributed by atoms with Crippen LogP contribution in [0.5, 0.6) is 0 Å². The highest BCUT2D eigenvalue weighted by Crippen LogP contribution is 2.31. The van der Waals surface area contributed by atoms with Gasteiger partial charge >= 0.3 is 12.0 Å². The van der Waals surface area contributed by atoms with Gasteiger partial charge < -0.3 is 10.4 Å². The molecule has 0 fully saturated rings. The first kappa shape index (κ1) is 15.4. The highest BCUT2D eigenvalue weighted by molar-refractivity contribution is 5.95. The molecular formula is C16H22N2O3. The van der Waals surface area contributed by atoms with E-state index in [4.69, 9.17) is 5.11 Å². The van der Waals surface area contributed by atoms with Crippen LogP contribution in [0, 0.1) is 0 Å². The van der Waals surface area contributed by atoms with E-state index >= 15 is 0 Å². The molecular weight excluding hydrogens is 268 g/mol. The maximum Gasteiger partial charge on any atom is 0.322 e. The number of aliphatic carboxylic acids is 1. The van der Waals surface area contributed by atoms with Gasteiger partial charge in [0.2, 0.25) is 0 Å². The van der Waals surface area contributed by atoms with E-state index < -0.39 is 5.97 Å². The Hall–Kier alpha value is -2.04. The van der Waals surface area contributed by atoms with Gasteiger partial charge in [0.15, 0.2) is 0 Å². The van der Waals surface area contributed by atoms with Crippen molar-refractivity contribution in [1.29, 1.82) is 0 Å². The molecule has 1 heterocycles. The first-order chi connectivity index (χ1) is 10.0. The number of rotatable bonds is 5. The SMILES string of the molecule is CCCC(CC(=O)O)NC(=O)N1c2ccccc2CC1C. The molecule has 2 unspecified atom stereocenters. The van der Waals surface area contributed by atoms with Crippen LogP contribution in [0.15, 0.2) is 24.3 Å². The highest BCUT2D eigenvalue weighted by atomic mass is 16.4. The Morgan fingerprint density at radius 3 is 2.81 bits per heavy atom. The first-order valence-corrected chi connectivity index (χ1v) is 7.42. The zero-order chi connectivity index (χ0) is 15.4. The molecule has 0 saturated carbocycles. The number of hydrogen-bond acceptors (Lipinski definition) is 2. The van der Waals surface area contributed by atoms with Gasteiger partial charge in [0, 0.05) is 17.8 Å². The van der Waals surface area contributed by atoms with E-state index in [9.17, 15) is 9.59 Å². The molecule has 0 saturated heterocycles. The smallest absolute Gasteiger partial charge is 0.322 e. The van der Waals surface area contributed by atoms with Crippen LogP contribution < -0.4 is 10.2 Å². The zero-order valence-corrected chi connectivity index (χ0v) is 12.5. The van der Waals surface area contributed by atoms with Crippen LogP contribution in [-0.4, -0.2) is 29.2 Å². The Labute approximate surface area is 125 Å². The lowest BCUT2D eigenvalue weighted by Gasteiger charge is -2.26. The molecule has 114 valence electrons. The monoisotopic (exact) mass is 290 g/mol. The summed E-state index contributed by atoms with van der Waals surface area (Å²) >= 11 is 0. The molecule has 21 heavy (non-hydrogen) atoms. The number of carboxylic acids is 1. The van der Waals surface area contributed by atoms with Crippen molar-refractivity contribution in [3.05, 3.63) is 29.8 Å². The van der Waals surface area contributed by atoms with E-state index in [0.29, 0.717) is 6.42 Å². The van der Waals surface area contributed by atoms with Crippen molar-refractivity contribution in [2.24, 2.45) is 0 Å². The summed E-state index contributed by atoms with van der Waals surface area (Å²) in [6, 6.07) is 7.42. The van der Waals surface area contributed by atoms with Crippen molar-refractivity contribution >= 4 is 17.7 Å². The Kier molecular flexibility index (Phi) is 4.83. The largest absolute Gasteiger partial charge is 0.481 e. The molecule has 1 aromatic rings. The van der Waals surface area contributed by atoms with E-state index in [1.807, 2.05) is 38.1 Å². The lowest BCUT2D eigenvalue weighted by molar-refractivity contribution is -0.137. The first-order valence-electron chi connectivity index (χ1n) is 7.42. The summed E-state index contributed by atoms with van der Waals surface area (Å²) in [7, 11) is 0. The van der Waals surface area contributed by atoms with E-state index in [-0.39, 0.29) is 24.5 Å². The molecule has 2 atom stereocenters. The number of nitrogens with zero attached hydrogens (tertiary/aromatic N) is 1. The van der Waals surface area contributed by atoms with Crippen molar-refractivity contribution in [2.75, 3.05) is 4.90 Å². The molecule has 2 amide bonds. The maximum atomic E-state index is 12.5. The molecule has 0 spiro atoms. The van der Waals surface area contributed by atoms with Crippen molar-refractivity contribution in [3.8, 4) is 0 Å². The van der Waals surface area contributed by atoms with Crippen LogP contribution in [0.4, 0.5) is 10.5 Å². The van der Waals surface area contributed by atoms with Crippen LogP contribution in [-0.2, 0) is 11.2 Å². The number of amides is 2. The third-order valence-corrected chi connectivity index (χ3v) is 3.81. The van der Waals surface area contributed by atoms with Crippen LogP contribution >= 0.6 is 0 Å². The van der Waals surface area contributed by atoms with Crippen LogP contribution in [0.2, 0.25) is 0 Å². The number of nitrogens with one attached hydrogen (secondary N) is 1. The number of carboxylic acid groups (broad SMARTS) is 1. The van der Waals surface area contributed by atoms with Crippen molar-refractivity contribution < 1.29 is 14.7 Å². The lowest BCUT2D eigenvalue weighted by Crippen LogP contribution is -2.47. The topological polar surface area (TPSA) is 69.6 Å². The number of urea groups is 1. The number of carbonyl (C=O) groups is 2. The summed E-state index contributed by atoms with van der Waals surface area (Å²) in [5, 5.41) is 11.8. The number of carbonyl (C=O) groups excluding carboxylic acids is 1. The molecule has 5 heteroatoms. The average molecular weight is 290 g/mol. The van der Waals surface area contributed by atoms with E-state index in [1.165, 1.54) is 0 Å². The van der Waals surface area contributed by atoms with Gasteiger partial charge in [-0.15, -0.1) is 0 Å². The molecule has 0 bridgehead atoms. The standard InChI is InChI=1S/C16H22N2O3/c1-3-6-13(10-15(19)20)17-16(21)18-11(2)9-12-7-4-5-8-14(12)18/h4-5,7-8,11,13H,3,6,9-10H2,1-2H3,(H,17,21)(H,19,20). The number of para-hydroxylation sites is 1. The second-order valence-corrected chi connectivity index (χ2v) is 5.58. The predicted octanol–water partition coefficient (Wildman–Crippen LogP) is 2.79. The normalized spacial score (nSPS) is 18.2. The fourth-order valence-corrected chi connectivity index (χ4v) is 2.90. The minimum atomic E-state index is -0.886. The van der Waals surface area contributed by atoms with Crippen LogP contribution in [0.1, 0.15) is 38.7 Å². The quantitative estimate of drug-likeness (QED) is 0.876. The van der Waals surface area contributed by atoms with Gasteiger partial charge in [-0.1, -0.05) is 31.5 Å². The average Bonchev–Trinajstić information content (AvgIpc) is 2.73. The zero-order valence-electron chi connectivity index (χ0n) is 12.5. The van der Waals surface area contributed by atoms with Gasteiger partial charge in [0.25, 0.3) is 0 Å². The minimum absolute atomic E-state index is 0.0382. The minimum Gasteiger partial charge on any atom is -0.481 e. The summed E-state index contributed by atoms with van der Waals surface area (Å²) in [6.45, 7) is 3.99. The second-order valence-electron chi connectivity index (χ2n) is 5.58. The maximum absolute atomic E-state index is 12.5. The van der Waals surface area contributed by atoms with Crippen LogP contribution in [0.3, 0.4) is 0 Å². The number of hydrogen-bond donors (Lipinski definition) is 2. The van der Waals surface area contributed by atoms with Gasteiger partial charge in [0.05, 0.1) is 6.42 Å². The fraction of sp³-hybridized carbons (Fsp3) is 0.500. The lowest BCUT2D eigenvalue weighted by atomic mass is 10.1. The van der Waals surface area contributed by atoms with Crippen LogP contribution in [0.25, 0.3) is 0 Å². The molecule has 1 aliphatic heterocycles. The molecule has 0 aromatic heterocycles. The molecule has 1 aromatic carbocycles. The molecule has 2 N–H and O–H groups in total. The molecule has 1 aliphatic rings. The molecule has 0 aliphatic carbocycles. The number of anilines is 1. The van der Waals surface area contributed by atoms with E-state index in [0.717, 1.165) is 24.1 Å². The molecule has 5 nitrogen and oxygen atoms in total. The van der Waals surface area contributed by atoms with Crippen molar-refractivity contribution in [1.82, 2.24) is 5.32 Å². The van der Waals surface area contributed by atoms with Gasteiger partial charge in [-0.3, -0.25) is 9.69 Å². The molecule has 2 rings (SSSR count). The van der Waals surface area contributed by atoms with Gasteiger partial charge in [0.1, 0.15) is 0 Å². The fourth-order valence-electron chi connectivity index (χ4n) is 2.90. The van der Waals surface area contributed by atoms with Gasteiger partial charge in [-0.2, -0.15) is 0 Å². The summed E-state index contributed by atoms with van der Waals surface area (Å²) < 4.78 is 0. The Morgan fingerprint density at radius 1 is 1.43 bits per heavy atom. The van der Waals surface area contributed by atoms with E-state index in [2.05, 4.69) is 5.32 Å². The summed E-state index contributed by atoms with van der Waals surface area (Å²) in [6.07, 6.45) is 2.30. The molecule has 0 radical (unpaired) electrons. The predicted molar refractivity (Wildman–Crippen MR) is 81.6 cm³/mol. The number of benzene rings is 1. The Bertz CT molecular complexity index is 530. The van der Waals surface area contributed by atoms with Crippen molar-refractivity contribution in [2.45, 2.75) is 51.6 Å². The summed E-state index contributed by atoms with van der Waals surface area (Å²) in [5.74, 6) is -0.886. The second kappa shape index (κ2) is 6.61. The summed E-state index contributed by atoms with van der Waals surface area (Å²) in [4.78, 5) is 25.1. The van der Waals surface area contributed by atoms with Gasteiger partial charge in [-0.25, -0.2) is 4.79 Å². The van der Waals surface area contributed by atoms with Crippen molar-refractivity contribution in [3.63, 3.8) is 0 Å². The summed E-state index contributed by atoms with van der Waals surface area (Å²) in [5.41, 5.74) is 2.08. The Morgan fingerprint density at radius 2 is 2.14 bits per heavy atom. The van der Waals surface area contributed by atoms with Gasteiger partial charge in [-0.05, 0) is 31.4 Å². The van der Waals surface area contributed by atoms with E-state index in [1.54, 1.807) is 4.90 Å². The highest BCUT2D eigenvalue weighted by Gasteiger charge is 2.31. The number of fused-ring (bicyclic) bond motifs is 1. The third-order valence-electron chi connectivity index (χ3n) is 3.81. The Balaban J connectivity index is 2.10. The third kappa shape index (κ3) is 3.54.